The Bertz CT molecular complexity index is 991. The maximum Gasteiger partial charge on any atom is 0.293 e. The quantitative estimate of drug-likeness (QED) is 0.678. The Morgan fingerprint density at radius 2 is 1.97 bits per heavy atom. The summed E-state index contributed by atoms with van der Waals surface area (Å²) in [4.78, 5) is 38.2. The molecule has 1 aliphatic rings. The number of nitrogens with zero attached hydrogens (tertiary/aromatic N) is 1. The first-order valence-corrected chi connectivity index (χ1v) is 9.74. The van der Waals surface area contributed by atoms with Crippen molar-refractivity contribution in [2.45, 2.75) is 0 Å². The number of aromatic hydroxyl groups is 1. The number of rotatable bonds is 6. The van der Waals surface area contributed by atoms with Gasteiger partial charge < -0.3 is 15.2 Å². The number of carbonyl (C=O) groups is 3. The summed E-state index contributed by atoms with van der Waals surface area (Å²) < 4.78 is 4.97. The van der Waals surface area contributed by atoms with Crippen molar-refractivity contribution < 1.29 is 24.2 Å². The first-order chi connectivity index (χ1) is 13.9. The van der Waals surface area contributed by atoms with Crippen molar-refractivity contribution in [2.24, 2.45) is 0 Å². The van der Waals surface area contributed by atoms with Crippen molar-refractivity contribution in [1.82, 2.24) is 10.2 Å². The molecule has 3 amide bonds. The first-order valence-electron chi connectivity index (χ1n) is 8.55. The average Bonchev–Trinajstić information content (AvgIpc) is 2.96. The van der Waals surface area contributed by atoms with E-state index in [2.05, 4.69) is 5.32 Å². The second kappa shape index (κ2) is 9.02. The molecule has 1 fully saturated rings. The lowest BCUT2D eigenvalue weighted by atomic mass is 10.2. The van der Waals surface area contributed by atoms with Crippen molar-refractivity contribution in [2.75, 3.05) is 20.2 Å². The van der Waals surface area contributed by atoms with Crippen LogP contribution in [0.1, 0.15) is 15.9 Å². The van der Waals surface area contributed by atoms with Gasteiger partial charge in [0.05, 0.1) is 17.6 Å². The lowest BCUT2D eigenvalue weighted by Gasteiger charge is -2.13. The van der Waals surface area contributed by atoms with Gasteiger partial charge >= 0.3 is 0 Å². The number of nitrogens with one attached hydrogen (secondary N) is 1. The van der Waals surface area contributed by atoms with Gasteiger partial charge in [-0.05, 0) is 47.7 Å². The van der Waals surface area contributed by atoms with E-state index in [1.54, 1.807) is 36.4 Å². The van der Waals surface area contributed by atoms with Crippen LogP contribution in [-0.2, 0) is 4.79 Å². The molecule has 2 aromatic carbocycles. The van der Waals surface area contributed by atoms with E-state index in [4.69, 9.17) is 16.3 Å². The van der Waals surface area contributed by atoms with E-state index in [-0.39, 0.29) is 24.4 Å². The second-order valence-electron chi connectivity index (χ2n) is 6.02. The molecule has 7 nitrogen and oxygen atoms in total. The van der Waals surface area contributed by atoms with Crippen molar-refractivity contribution in [3.8, 4) is 11.5 Å². The van der Waals surface area contributed by atoms with Crippen molar-refractivity contribution in [1.29, 1.82) is 0 Å². The molecule has 0 spiro atoms. The van der Waals surface area contributed by atoms with Crippen LogP contribution >= 0.6 is 23.4 Å². The predicted molar refractivity (Wildman–Crippen MR) is 111 cm³/mol. The van der Waals surface area contributed by atoms with Gasteiger partial charge in [0.15, 0.2) is 0 Å². The minimum atomic E-state index is -0.520. The lowest BCUT2D eigenvalue weighted by molar-refractivity contribution is -0.122. The zero-order valence-electron chi connectivity index (χ0n) is 15.3. The summed E-state index contributed by atoms with van der Waals surface area (Å²) in [5, 5.41) is 12.7. The fourth-order valence-electron chi connectivity index (χ4n) is 2.61. The van der Waals surface area contributed by atoms with Crippen LogP contribution in [0.4, 0.5) is 4.79 Å². The van der Waals surface area contributed by atoms with Gasteiger partial charge in [-0.3, -0.25) is 19.3 Å². The molecule has 3 rings (SSSR count). The van der Waals surface area contributed by atoms with Gasteiger partial charge in [-0.2, -0.15) is 0 Å². The van der Waals surface area contributed by atoms with E-state index < -0.39 is 17.1 Å². The van der Waals surface area contributed by atoms with Gasteiger partial charge in [-0.15, -0.1) is 0 Å². The molecule has 150 valence electrons. The first kappa shape index (κ1) is 20.8. The molecule has 0 atom stereocenters. The number of amides is 3. The maximum atomic E-state index is 12.5. The van der Waals surface area contributed by atoms with Crippen LogP contribution in [0.25, 0.3) is 6.08 Å². The van der Waals surface area contributed by atoms with Gasteiger partial charge in [0.1, 0.15) is 11.5 Å². The third-order valence-electron chi connectivity index (χ3n) is 4.11. The second-order valence-corrected chi connectivity index (χ2v) is 7.45. The maximum absolute atomic E-state index is 12.5. The van der Waals surface area contributed by atoms with Crippen molar-refractivity contribution >= 4 is 46.5 Å². The zero-order chi connectivity index (χ0) is 21.0. The van der Waals surface area contributed by atoms with E-state index in [9.17, 15) is 19.5 Å². The van der Waals surface area contributed by atoms with E-state index in [1.807, 2.05) is 0 Å². The van der Waals surface area contributed by atoms with Crippen LogP contribution < -0.4 is 10.1 Å². The number of hydrogen-bond donors (Lipinski definition) is 2. The molecule has 2 aromatic rings. The molecular formula is C20H17ClN2O5S. The highest BCUT2D eigenvalue weighted by atomic mass is 35.5. The fraction of sp³-hybridized carbons (Fsp3) is 0.150. The highest BCUT2D eigenvalue weighted by molar-refractivity contribution is 8.18. The van der Waals surface area contributed by atoms with E-state index >= 15 is 0 Å². The fourth-order valence-corrected chi connectivity index (χ4v) is 3.60. The molecule has 1 aliphatic heterocycles. The number of halogens is 1. The van der Waals surface area contributed by atoms with E-state index in [0.29, 0.717) is 15.7 Å². The Hall–Kier alpha value is -2.97. The van der Waals surface area contributed by atoms with Gasteiger partial charge in [0, 0.05) is 24.2 Å². The molecule has 0 saturated carbocycles. The Morgan fingerprint density at radius 3 is 2.62 bits per heavy atom. The number of methoxy groups -OCH3 is 1. The SMILES string of the molecule is COc1ccc(C(=O)NCCN2C(=O)S/C(=C\c3ccc(Cl)cc3)C2=O)c(O)c1. The van der Waals surface area contributed by atoms with Crippen LogP contribution in [0, 0.1) is 0 Å². The number of phenolic OH excluding ortho intramolecular Hbond substituents is 1. The Labute approximate surface area is 176 Å². The summed E-state index contributed by atoms with van der Waals surface area (Å²) in [6, 6.07) is 11.2. The predicted octanol–water partition coefficient (Wildman–Crippen LogP) is 3.52. The molecule has 0 aromatic heterocycles. The lowest BCUT2D eigenvalue weighted by Crippen LogP contribution is -2.37. The van der Waals surface area contributed by atoms with Crippen LogP contribution in [0.5, 0.6) is 11.5 Å². The Kier molecular flexibility index (Phi) is 6.46. The molecule has 9 heteroatoms. The number of hydrogen-bond acceptors (Lipinski definition) is 6. The number of phenols is 1. The molecule has 0 bridgehead atoms. The summed E-state index contributed by atoms with van der Waals surface area (Å²) in [5.74, 6) is -0.742. The van der Waals surface area contributed by atoms with Crippen LogP contribution in [0.3, 0.4) is 0 Å². The topological polar surface area (TPSA) is 95.9 Å². The number of ether oxygens (including phenoxy) is 1. The summed E-state index contributed by atoms with van der Waals surface area (Å²) >= 11 is 6.69. The molecule has 29 heavy (non-hydrogen) atoms. The minimum absolute atomic E-state index is 0.0191. The molecule has 1 saturated heterocycles. The van der Waals surface area contributed by atoms with E-state index in [1.165, 1.54) is 19.2 Å². The molecule has 0 radical (unpaired) electrons. The molecule has 0 unspecified atom stereocenters. The number of imide groups is 1. The highest BCUT2D eigenvalue weighted by Gasteiger charge is 2.34. The largest absolute Gasteiger partial charge is 0.507 e. The van der Waals surface area contributed by atoms with Crippen molar-refractivity contribution in [3.63, 3.8) is 0 Å². The molecule has 1 heterocycles. The van der Waals surface area contributed by atoms with E-state index in [0.717, 1.165) is 22.2 Å². The molecule has 0 aliphatic carbocycles. The summed E-state index contributed by atoms with van der Waals surface area (Å²) in [6.07, 6.45) is 1.62. The highest BCUT2D eigenvalue weighted by Crippen LogP contribution is 2.32. The van der Waals surface area contributed by atoms with Crippen LogP contribution in [0.15, 0.2) is 47.4 Å². The minimum Gasteiger partial charge on any atom is -0.507 e. The Morgan fingerprint density at radius 1 is 1.24 bits per heavy atom. The number of thioether (sulfide) groups is 1. The van der Waals surface area contributed by atoms with Gasteiger partial charge in [-0.25, -0.2) is 0 Å². The van der Waals surface area contributed by atoms with Gasteiger partial charge in [-0.1, -0.05) is 23.7 Å². The molecular weight excluding hydrogens is 416 g/mol. The summed E-state index contributed by atoms with van der Waals surface area (Å²) in [6.45, 7) is 0.0713. The standard InChI is InChI=1S/C20H17ClN2O5S/c1-28-14-6-7-15(16(24)11-14)18(25)22-8-9-23-19(26)17(29-20(23)27)10-12-2-4-13(21)5-3-12/h2-7,10-11,24H,8-9H2,1H3,(H,22,25)/b17-10-. The summed E-state index contributed by atoms with van der Waals surface area (Å²) in [7, 11) is 1.45. The molecule has 2 N–H and O–H groups in total. The third kappa shape index (κ3) is 4.90. The number of benzene rings is 2. The van der Waals surface area contributed by atoms with Crippen LogP contribution in [0.2, 0.25) is 5.02 Å². The van der Waals surface area contributed by atoms with Crippen LogP contribution in [-0.4, -0.2) is 47.3 Å². The van der Waals surface area contributed by atoms with Crippen molar-refractivity contribution in [3.05, 3.63) is 63.5 Å². The number of carbonyl (C=O) groups excluding carboxylic acids is 3. The Balaban J connectivity index is 1.59. The van der Waals surface area contributed by atoms with Gasteiger partial charge in [0.2, 0.25) is 0 Å². The van der Waals surface area contributed by atoms with Gasteiger partial charge in [0.25, 0.3) is 17.1 Å². The summed E-state index contributed by atoms with van der Waals surface area (Å²) in [5.41, 5.74) is 0.825. The third-order valence-corrected chi connectivity index (χ3v) is 5.27. The average molecular weight is 433 g/mol. The normalized spacial score (nSPS) is 15.1. The monoisotopic (exact) mass is 432 g/mol. The zero-order valence-corrected chi connectivity index (χ0v) is 16.9. The smallest absolute Gasteiger partial charge is 0.293 e.